The molecule has 1 fully saturated rings. The van der Waals surface area contributed by atoms with Crippen LogP contribution in [0.4, 0.5) is 5.13 Å². The molecule has 0 bridgehead atoms. The lowest BCUT2D eigenvalue weighted by Gasteiger charge is -2.22. The fraction of sp³-hybridized carbons (Fsp3) is 0.375. The Morgan fingerprint density at radius 3 is 3.12 bits per heavy atom. The SMILES string of the molecule is COCc1nnc(N2CCCC2c2nc3ccccc3c(=O)[nH]2)s1. The zero-order chi connectivity index (χ0) is 16.5. The monoisotopic (exact) mass is 343 g/mol. The van der Waals surface area contributed by atoms with Crippen LogP contribution in [0.5, 0.6) is 0 Å². The standard InChI is InChI=1S/C16H17N5O2S/c1-23-9-13-19-20-16(24-13)21-8-4-7-12(21)14-17-11-6-3-2-5-10(11)15(22)18-14/h2-3,5-6,12H,4,7-9H2,1H3,(H,17,18,22). The molecule has 124 valence electrons. The summed E-state index contributed by atoms with van der Waals surface area (Å²) in [6.07, 6.45) is 1.96. The minimum Gasteiger partial charge on any atom is -0.377 e. The molecule has 2 aromatic heterocycles. The van der Waals surface area contributed by atoms with Crippen LogP contribution in [-0.4, -0.2) is 33.8 Å². The highest BCUT2D eigenvalue weighted by molar-refractivity contribution is 7.15. The molecule has 7 nitrogen and oxygen atoms in total. The molecule has 1 atom stereocenters. The second kappa shape index (κ2) is 6.29. The van der Waals surface area contributed by atoms with E-state index in [2.05, 4.69) is 25.1 Å². The first kappa shape index (κ1) is 15.2. The van der Waals surface area contributed by atoms with E-state index in [4.69, 9.17) is 4.74 Å². The lowest BCUT2D eigenvalue weighted by molar-refractivity contribution is 0.184. The van der Waals surface area contributed by atoms with E-state index in [-0.39, 0.29) is 11.6 Å². The van der Waals surface area contributed by atoms with Crippen LogP contribution in [-0.2, 0) is 11.3 Å². The van der Waals surface area contributed by atoms with Crippen LogP contribution in [0, 0.1) is 0 Å². The molecule has 3 aromatic rings. The molecule has 3 heterocycles. The first-order valence-electron chi connectivity index (χ1n) is 7.83. The topological polar surface area (TPSA) is 84.0 Å². The van der Waals surface area contributed by atoms with Gasteiger partial charge in [0.05, 0.1) is 16.9 Å². The van der Waals surface area contributed by atoms with E-state index in [0.29, 0.717) is 17.8 Å². The van der Waals surface area contributed by atoms with Gasteiger partial charge in [-0.15, -0.1) is 10.2 Å². The Morgan fingerprint density at radius 1 is 1.38 bits per heavy atom. The molecule has 0 spiro atoms. The molecule has 1 aromatic carbocycles. The molecule has 1 unspecified atom stereocenters. The number of H-pyrrole nitrogens is 1. The van der Waals surface area contributed by atoms with Gasteiger partial charge in [-0.3, -0.25) is 4.79 Å². The summed E-state index contributed by atoms with van der Waals surface area (Å²) in [4.78, 5) is 22.1. The number of fused-ring (bicyclic) bond motifs is 1. The van der Waals surface area contributed by atoms with Gasteiger partial charge in [0.2, 0.25) is 5.13 Å². The van der Waals surface area contributed by atoms with Gasteiger partial charge in [0.1, 0.15) is 17.4 Å². The van der Waals surface area contributed by atoms with Gasteiger partial charge in [0.15, 0.2) is 0 Å². The number of aromatic nitrogens is 4. The Bertz CT molecular complexity index is 922. The van der Waals surface area contributed by atoms with E-state index in [1.165, 1.54) is 11.3 Å². The number of methoxy groups -OCH3 is 1. The molecule has 24 heavy (non-hydrogen) atoms. The van der Waals surface area contributed by atoms with Crippen molar-refractivity contribution in [2.45, 2.75) is 25.5 Å². The van der Waals surface area contributed by atoms with E-state index in [1.807, 2.05) is 18.2 Å². The zero-order valence-electron chi connectivity index (χ0n) is 13.2. The molecule has 1 aliphatic heterocycles. The smallest absolute Gasteiger partial charge is 0.258 e. The number of hydrogen-bond donors (Lipinski definition) is 1. The van der Waals surface area contributed by atoms with Crippen molar-refractivity contribution in [3.05, 3.63) is 45.5 Å². The Morgan fingerprint density at radius 2 is 2.25 bits per heavy atom. The summed E-state index contributed by atoms with van der Waals surface area (Å²) in [5.74, 6) is 0.694. The van der Waals surface area contributed by atoms with E-state index in [1.54, 1.807) is 13.2 Å². The normalized spacial score (nSPS) is 17.7. The van der Waals surface area contributed by atoms with Crippen molar-refractivity contribution in [3.63, 3.8) is 0 Å². The maximum atomic E-state index is 12.3. The fourth-order valence-corrected chi connectivity index (χ4v) is 3.97. The van der Waals surface area contributed by atoms with Gasteiger partial charge in [-0.25, -0.2) is 4.98 Å². The lowest BCUT2D eigenvalue weighted by atomic mass is 10.2. The molecule has 0 aliphatic carbocycles. The molecule has 8 heteroatoms. The van der Waals surface area contributed by atoms with Crippen LogP contribution < -0.4 is 10.5 Å². The van der Waals surface area contributed by atoms with Crippen LogP contribution in [0.2, 0.25) is 0 Å². The van der Waals surface area contributed by atoms with E-state index in [0.717, 1.165) is 35.0 Å². The van der Waals surface area contributed by atoms with E-state index >= 15 is 0 Å². The number of ether oxygens (including phenoxy) is 1. The van der Waals surface area contributed by atoms with Crippen molar-refractivity contribution in [3.8, 4) is 0 Å². The Hall–Kier alpha value is -2.32. The maximum Gasteiger partial charge on any atom is 0.258 e. The minimum atomic E-state index is -0.0974. The Balaban J connectivity index is 1.70. The average molecular weight is 343 g/mol. The molecule has 1 saturated heterocycles. The van der Waals surface area contributed by atoms with Gasteiger partial charge in [-0.2, -0.15) is 0 Å². The minimum absolute atomic E-state index is 0.0191. The summed E-state index contributed by atoms with van der Waals surface area (Å²) < 4.78 is 5.11. The molecule has 4 rings (SSSR count). The third-order valence-electron chi connectivity index (χ3n) is 4.17. The zero-order valence-corrected chi connectivity index (χ0v) is 14.0. The summed E-state index contributed by atoms with van der Waals surface area (Å²) in [5.41, 5.74) is 0.625. The summed E-state index contributed by atoms with van der Waals surface area (Å²) in [6, 6.07) is 7.42. The van der Waals surface area contributed by atoms with Crippen LogP contribution in [0.15, 0.2) is 29.1 Å². The quantitative estimate of drug-likeness (QED) is 0.782. The van der Waals surface area contributed by atoms with Crippen LogP contribution >= 0.6 is 11.3 Å². The third kappa shape index (κ3) is 2.67. The second-order valence-corrected chi connectivity index (χ2v) is 6.77. The summed E-state index contributed by atoms with van der Waals surface area (Å²) in [5, 5.41) is 10.7. The number of aromatic amines is 1. The highest BCUT2D eigenvalue weighted by Crippen LogP contribution is 2.36. The maximum absolute atomic E-state index is 12.3. The first-order chi connectivity index (χ1) is 11.8. The molecule has 1 aliphatic rings. The molecule has 0 amide bonds. The van der Waals surface area contributed by atoms with Gasteiger partial charge in [-0.05, 0) is 25.0 Å². The first-order valence-corrected chi connectivity index (χ1v) is 8.65. The van der Waals surface area contributed by atoms with Crippen LogP contribution in [0.3, 0.4) is 0 Å². The van der Waals surface area contributed by atoms with Gasteiger partial charge < -0.3 is 14.6 Å². The Labute approximate surface area is 142 Å². The van der Waals surface area contributed by atoms with Gasteiger partial charge in [0, 0.05) is 13.7 Å². The van der Waals surface area contributed by atoms with Crippen LogP contribution in [0.1, 0.15) is 29.7 Å². The summed E-state index contributed by atoms with van der Waals surface area (Å²) in [6.45, 7) is 1.34. The van der Waals surface area contributed by atoms with Crippen molar-refractivity contribution >= 4 is 27.4 Å². The van der Waals surface area contributed by atoms with Crippen LogP contribution in [0.25, 0.3) is 10.9 Å². The van der Waals surface area contributed by atoms with Crippen molar-refractivity contribution in [1.82, 2.24) is 20.2 Å². The predicted octanol–water partition coefficient (Wildman–Crippen LogP) is 2.26. The predicted molar refractivity (Wildman–Crippen MR) is 92.3 cm³/mol. The molecular weight excluding hydrogens is 326 g/mol. The van der Waals surface area contributed by atoms with Gasteiger partial charge >= 0.3 is 0 Å². The third-order valence-corrected chi connectivity index (χ3v) is 5.10. The fourth-order valence-electron chi connectivity index (χ4n) is 3.08. The average Bonchev–Trinajstić information content (AvgIpc) is 3.24. The number of nitrogens with one attached hydrogen (secondary N) is 1. The summed E-state index contributed by atoms with van der Waals surface area (Å²) in [7, 11) is 1.64. The molecular formula is C16H17N5O2S. The number of para-hydroxylation sites is 1. The number of anilines is 1. The largest absolute Gasteiger partial charge is 0.377 e. The van der Waals surface area contributed by atoms with Crippen molar-refractivity contribution in [2.75, 3.05) is 18.6 Å². The lowest BCUT2D eigenvalue weighted by Crippen LogP contribution is -2.26. The molecule has 0 radical (unpaired) electrons. The highest BCUT2D eigenvalue weighted by atomic mass is 32.1. The number of nitrogens with zero attached hydrogens (tertiary/aromatic N) is 4. The Kier molecular flexibility index (Phi) is 3.99. The molecule has 0 saturated carbocycles. The second-order valence-electron chi connectivity index (χ2n) is 5.73. The number of hydrogen-bond acceptors (Lipinski definition) is 7. The van der Waals surface area contributed by atoms with Crippen molar-refractivity contribution in [2.24, 2.45) is 0 Å². The van der Waals surface area contributed by atoms with E-state index in [9.17, 15) is 4.79 Å². The van der Waals surface area contributed by atoms with Crippen molar-refractivity contribution < 1.29 is 4.74 Å². The summed E-state index contributed by atoms with van der Waals surface area (Å²) >= 11 is 1.52. The van der Waals surface area contributed by atoms with Gasteiger partial charge in [-0.1, -0.05) is 23.5 Å². The highest BCUT2D eigenvalue weighted by Gasteiger charge is 2.30. The van der Waals surface area contributed by atoms with Crippen molar-refractivity contribution in [1.29, 1.82) is 0 Å². The van der Waals surface area contributed by atoms with Gasteiger partial charge in [0.25, 0.3) is 5.56 Å². The number of rotatable bonds is 4. The molecule has 1 N–H and O–H groups in total. The van der Waals surface area contributed by atoms with E-state index < -0.39 is 0 Å². The number of benzene rings is 1.